The fraction of sp³-hybridized carbons (Fsp3) is 0.588. The van der Waals surface area contributed by atoms with E-state index in [2.05, 4.69) is 29.4 Å². The van der Waals surface area contributed by atoms with E-state index in [1.165, 1.54) is 0 Å². The van der Waals surface area contributed by atoms with Crippen molar-refractivity contribution < 1.29 is 9.53 Å². The SMILES string of the molecule is CCOC1CC(CC(=O)Nc2ccc3nnc(C(C)C)n3c2)C1. The van der Waals surface area contributed by atoms with Crippen LogP contribution in [0.3, 0.4) is 0 Å². The molecule has 3 rings (SSSR count). The Morgan fingerprint density at radius 2 is 2.17 bits per heavy atom. The van der Waals surface area contributed by atoms with Crippen LogP contribution in [0.15, 0.2) is 18.3 Å². The van der Waals surface area contributed by atoms with Crippen LogP contribution in [0.2, 0.25) is 0 Å². The van der Waals surface area contributed by atoms with Crippen LogP contribution in [-0.2, 0) is 9.53 Å². The number of carbonyl (C=O) groups excluding carboxylic acids is 1. The zero-order chi connectivity index (χ0) is 16.4. The first-order valence-corrected chi connectivity index (χ1v) is 8.33. The van der Waals surface area contributed by atoms with E-state index in [4.69, 9.17) is 4.74 Å². The molecule has 0 atom stereocenters. The molecule has 23 heavy (non-hydrogen) atoms. The van der Waals surface area contributed by atoms with Crippen molar-refractivity contribution >= 4 is 17.2 Å². The van der Waals surface area contributed by atoms with Gasteiger partial charge in [0, 0.05) is 25.1 Å². The Morgan fingerprint density at radius 1 is 1.39 bits per heavy atom. The lowest BCUT2D eigenvalue weighted by Gasteiger charge is -2.34. The second-order valence-corrected chi connectivity index (χ2v) is 6.53. The molecule has 1 aliphatic rings. The first kappa shape index (κ1) is 15.9. The predicted octanol–water partition coefficient (Wildman–Crippen LogP) is 3.00. The number of ether oxygens (including phenoxy) is 1. The summed E-state index contributed by atoms with van der Waals surface area (Å²) in [5.41, 5.74) is 1.58. The van der Waals surface area contributed by atoms with Crippen molar-refractivity contribution in [2.24, 2.45) is 5.92 Å². The summed E-state index contributed by atoms with van der Waals surface area (Å²) in [6, 6.07) is 3.75. The van der Waals surface area contributed by atoms with Gasteiger partial charge in [0.05, 0.1) is 11.8 Å². The van der Waals surface area contributed by atoms with Gasteiger partial charge in [0.15, 0.2) is 5.65 Å². The van der Waals surface area contributed by atoms with Crippen molar-refractivity contribution in [3.63, 3.8) is 0 Å². The minimum atomic E-state index is 0.0588. The van der Waals surface area contributed by atoms with Crippen molar-refractivity contribution in [2.75, 3.05) is 11.9 Å². The third-order valence-corrected chi connectivity index (χ3v) is 4.30. The first-order chi connectivity index (χ1) is 11.1. The van der Waals surface area contributed by atoms with Gasteiger partial charge >= 0.3 is 0 Å². The number of carbonyl (C=O) groups is 1. The lowest BCUT2D eigenvalue weighted by atomic mass is 9.80. The van der Waals surface area contributed by atoms with E-state index in [0.717, 1.165) is 36.6 Å². The van der Waals surface area contributed by atoms with Gasteiger partial charge in [-0.3, -0.25) is 9.20 Å². The fourth-order valence-corrected chi connectivity index (χ4v) is 3.06. The summed E-state index contributed by atoms with van der Waals surface area (Å²) >= 11 is 0. The average Bonchev–Trinajstić information content (AvgIpc) is 2.88. The Labute approximate surface area is 136 Å². The summed E-state index contributed by atoms with van der Waals surface area (Å²) in [6.45, 7) is 6.91. The van der Waals surface area contributed by atoms with Gasteiger partial charge in [-0.15, -0.1) is 10.2 Å². The van der Waals surface area contributed by atoms with Gasteiger partial charge in [0.1, 0.15) is 5.82 Å². The largest absolute Gasteiger partial charge is 0.378 e. The van der Waals surface area contributed by atoms with Crippen LogP contribution in [0, 0.1) is 5.92 Å². The molecule has 1 saturated carbocycles. The molecule has 0 unspecified atom stereocenters. The fourth-order valence-electron chi connectivity index (χ4n) is 3.06. The molecule has 0 spiro atoms. The molecule has 0 aliphatic heterocycles. The number of nitrogens with one attached hydrogen (secondary N) is 1. The molecule has 2 aromatic rings. The Morgan fingerprint density at radius 3 is 2.87 bits per heavy atom. The zero-order valence-electron chi connectivity index (χ0n) is 14.0. The molecule has 0 radical (unpaired) electrons. The number of nitrogens with zero attached hydrogens (tertiary/aromatic N) is 3. The highest BCUT2D eigenvalue weighted by Crippen LogP contribution is 2.32. The number of amides is 1. The van der Waals surface area contributed by atoms with E-state index >= 15 is 0 Å². The van der Waals surface area contributed by atoms with Gasteiger partial charge in [-0.2, -0.15) is 0 Å². The molecular weight excluding hydrogens is 292 g/mol. The quantitative estimate of drug-likeness (QED) is 0.889. The third-order valence-electron chi connectivity index (χ3n) is 4.30. The van der Waals surface area contributed by atoms with Crippen LogP contribution in [0.25, 0.3) is 5.65 Å². The number of rotatable bonds is 6. The molecule has 0 saturated heterocycles. The van der Waals surface area contributed by atoms with Gasteiger partial charge < -0.3 is 10.1 Å². The van der Waals surface area contributed by atoms with E-state index in [9.17, 15) is 4.79 Å². The van der Waals surface area contributed by atoms with Crippen molar-refractivity contribution in [1.82, 2.24) is 14.6 Å². The van der Waals surface area contributed by atoms with Gasteiger partial charge in [-0.25, -0.2) is 0 Å². The van der Waals surface area contributed by atoms with E-state index in [0.29, 0.717) is 18.4 Å². The number of hydrogen-bond donors (Lipinski definition) is 1. The zero-order valence-corrected chi connectivity index (χ0v) is 14.0. The topological polar surface area (TPSA) is 68.5 Å². The highest BCUT2D eigenvalue weighted by atomic mass is 16.5. The highest BCUT2D eigenvalue weighted by molar-refractivity contribution is 5.90. The maximum absolute atomic E-state index is 12.2. The normalized spacial score (nSPS) is 20.7. The van der Waals surface area contributed by atoms with Gasteiger partial charge in [-0.05, 0) is 37.8 Å². The summed E-state index contributed by atoms with van der Waals surface area (Å²) in [4.78, 5) is 12.2. The number of pyridine rings is 1. The van der Waals surface area contributed by atoms with Crippen LogP contribution < -0.4 is 5.32 Å². The number of anilines is 1. The van der Waals surface area contributed by atoms with E-state index < -0.39 is 0 Å². The Bertz CT molecular complexity index is 689. The molecule has 0 bridgehead atoms. The van der Waals surface area contributed by atoms with Crippen LogP contribution >= 0.6 is 0 Å². The maximum atomic E-state index is 12.2. The molecule has 1 amide bonds. The Balaban J connectivity index is 1.60. The number of aromatic nitrogens is 3. The molecule has 0 aromatic carbocycles. The molecule has 124 valence electrons. The van der Waals surface area contributed by atoms with Crippen molar-refractivity contribution in [3.05, 3.63) is 24.2 Å². The minimum absolute atomic E-state index is 0.0588. The van der Waals surface area contributed by atoms with E-state index in [1.807, 2.05) is 29.7 Å². The molecule has 1 N–H and O–H groups in total. The monoisotopic (exact) mass is 316 g/mol. The Hall–Kier alpha value is -1.95. The molecule has 6 heteroatoms. The summed E-state index contributed by atoms with van der Waals surface area (Å²) < 4.78 is 7.47. The van der Waals surface area contributed by atoms with Crippen LogP contribution in [0.4, 0.5) is 5.69 Å². The second-order valence-electron chi connectivity index (χ2n) is 6.53. The number of hydrogen-bond acceptors (Lipinski definition) is 4. The maximum Gasteiger partial charge on any atom is 0.224 e. The van der Waals surface area contributed by atoms with Gasteiger partial charge in [0.25, 0.3) is 0 Å². The van der Waals surface area contributed by atoms with Crippen molar-refractivity contribution in [2.45, 2.75) is 52.1 Å². The minimum Gasteiger partial charge on any atom is -0.378 e. The first-order valence-electron chi connectivity index (χ1n) is 8.33. The van der Waals surface area contributed by atoms with Crippen molar-refractivity contribution in [1.29, 1.82) is 0 Å². The Kier molecular flexibility index (Phi) is 4.61. The number of fused-ring (bicyclic) bond motifs is 1. The lowest BCUT2D eigenvalue weighted by Crippen LogP contribution is -2.33. The third kappa shape index (κ3) is 3.52. The van der Waals surface area contributed by atoms with E-state index in [-0.39, 0.29) is 11.8 Å². The summed E-state index contributed by atoms with van der Waals surface area (Å²) in [7, 11) is 0. The summed E-state index contributed by atoms with van der Waals surface area (Å²) in [5, 5.41) is 11.3. The van der Waals surface area contributed by atoms with E-state index in [1.54, 1.807) is 0 Å². The molecular formula is C17H24N4O2. The van der Waals surface area contributed by atoms with Crippen LogP contribution in [0.1, 0.15) is 51.8 Å². The second kappa shape index (κ2) is 6.66. The highest BCUT2D eigenvalue weighted by Gasteiger charge is 2.31. The molecule has 2 aromatic heterocycles. The smallest absolute Gasteiger partial charge is 0.224 e. The summed E-state index contributed by atoms with van der Waals surface area (Å²) in [6.07, 6.45) is 4.78. The van der Waals surface area contributed by atoms with Crippen molar-refractivity contribution in [3.8, 4) is 0 Å². The predicted molar refractivity (Wildman–Crippen MR) is 88.5 cm³/mol. The lowest BCUT2D eigenvalue weighted by molar-refractivity contribution is -0.119. The average molecular weight is 316 g/mol. The molecule has 1 fully saturated rings. The van der Waals surface area contributed by atoms with Gasteiger partial charge in [-0.1, -0.05) is 13.8 Å². The summed E-state index contributed by atoms with van der Waals surface area (Å²) in [5.74, 6) is 1.68. The van der Waals surface area contributed by atoms with Crippen LogP contribution in [-0.4, -0.2) is 33.2 Å². The van der Waals surface area contributed by atoms with Gasteiger partial charge in [0.2, 0.25) is 5.91 Å². The standard InChI is InChI=1S/C17H24N4O2/c1-4-23-14-7-12(8-14)9-16(22)18-13-5-6-15-19-20-17(11(2)3)21(15)10-13/h5-6,10-12,14H,4,7-9H2,1-3H3,(H,18,22). The molecule has 1 aliphatic carbocycles. The van der Waals surface area contributed by atoms with Crippen LogP contribution in [0.5, 0.6) is 0 Å². The molecule has 6 nitrogen and oxygen atoms in total. The molecule has 2 heterocycles.